The Balaban J connectivity index is 2.00. The molecule has 3 aliphatic carbocycles. The molecule has 0 spiro atoms. The summed E-state index contributed by atoms with van der Waals surface area (Å²) >= 11 is 0. The highest BCUT2D eigenvalue weighted by Crippen LogP contribution is 2.66. The molecule has 0 saturated heterocycles. The number of rotatable bonds is 3. The van der Waals surface area contributed by atoms with Gasteiger partial charge in [0.05, 0.1) is 5.41 Å². The molecule has 3 rings (SSSR count). The lowest BCUT2D eigenvalue weighted by Gasteiger charge is -2.53. The summed E-state index contributed by atoms with van der Waals surface area (Å²) in [7, 11) is 0. The first-order valence-electron chi connectivity index (χ1n) is 9.23. The van der Waals surface area contributed by atoms with Crippen molar-refractivity contribution in [3.63, 3.8) is 0 Å². The molecule has 5 atom stereocenters. The van der Waals surface area contributed by atoms with Gasteiger partial charge in [0.2, 0.25) is 0 Å². The molecule has 0 unspecified atom stereocenters. The first-order chi connectivity index (χ1) is 10.8. The predicted molar refractivity (Wildman–Crippen MR) is 89.9 cm³/mol. The summed E-state index contributed by atoms with van der Waals surface area (Å²) in [5.74, 6) is 0.839. The molecule has 3 aliphatic rings. The number of carboxylic acid groups (broad SMARTS) is 1. The average Bonchev–Trinajstić information content (AvgIpc) is 2.81. The normalized spacial score (nSPS) is 43.3. The molecular formula is C20H30O3. The molecule has 0 radical (unpaired) electrons. The van der Waals surface area contributed by atoms with Crippen molar-refractivity contribution in [2.45, 2.75) is 65.7 Å². The minimum absolute atomic E-state index is 0.191. The first kappa shape index (κ1) is 16.7. The van der Waals surface area contributed by atoms with E-state index in [0.29, 0.717) is 17.8 Å². The number of fused-ring (bicyclic) bond motifs is 3. The van der Waals surface area contributed by atoms with Crippen molar-refractivity contribution in [2.24, 2.45) is 34.5 Å². The van der Waals surface area contributed by atoms with Crippen LogP contribution in [0.2, 0.25) is 0 Å². The van der Waals surface area contributed by atoms with Crippen LogP contribution in [0.5, 0.6) is 0 Å². The zero-order chi connectivity index (χ0) is 16.8. The first-order valence-corrected chi connectivity index (χ1v) is 9.23. The maximum absolute atomic E-state index is 12.4. The van der Waals surface area contributed by atoms with Crippen LogP contribution in [0.25, 0.3) is 0 Å². The summed E-state index contributed by atoms with van der Waals surface area (Å²) in [5, 5.41) is 10.2. The Kier molecular flexibility index (Phi) is 4.18. The van der Waals surface area contributed by atoms with Gasteiger partial charge in [-0.3, -0.25) is 9.59 Å². The minimum atomic E-state index is -0.565. The zero-order valence-electron chi connectivity index (χ0n) is 14.7. The van der Waals surface area contributed by atoms with Gasteiger partial charge < -0.3 is 5.11 Å². The van der Waals surface area contributed by atoms with Crippen molar-refractivity contribution in [1.29, 1.82) is 0 Å². The second kappa shape index (κ2) is 5.75. The van der Waals surface area contributed by atoms with Gasteiger partial charge in [0.25, 0.3) is 0 Å². The summed E-state index contributed by atoms with van der Waals surface area (Å²) in [6.07, 6.45) is 9.76. The molecule has 3 nitrogen and oxygen atoms in total. The van der Waals surface area contributed by atoms with Crippen LogP contribution >= 0.6 is 0 Å². The number of carbonyl (C=O) groups excluding carboxylic acids is 1. The van der Waals surface area contributed by atoms with Gasteiger partial charge in [0, 0.05) is 0 Å². The standard InChI is InChI=1S/C20H30O3/c1-13(2)15-6-7-17-16-5-4-14(12-21)8-9-19(16,3)10-11-20(15,17)18(22)23/h4,12-13,15-17H,5-11H2,1-3H3,(H,22,23)/t15-,16+,17+,19-,20+/m1/s1. The molecule has 0 aromatic heterocycles. The highest BCUT2D eigenvalue weighted by atomic mass is 16.4. The van der Waals surface area contributed by atoms with Crippen molar-refractivity contribution in [3.8, 4) is 0 Å². The summed E-state index contributed by atoms with van der Waals surface area (Å²) in [5.41, 5.74) is 0.578. The van der Waals surface area contributed by atoms with Crippen LogP contribution in [0.15, 0.2) is 11.6 Å². The third kappa shape index (κ3) is 2.38. The van der Waals surface area contributed by atoms with Gasteiger partial charge in [0.1, 0.15) is 6.29 Å². The van der Waals surface area contributed by atoms with E-state index in [-0.39, 0.29) is 11.3 Å². The Morgan fingerprint density at radius 3 is 2.61 bits per heavy atom. The van der Waals surface area contributed by atoms with Crippen molar-refractivity contribution in [2.75, 3.05) is 0 Å². The van der Waals surface area contributed by atoms with Crippen molar-refractivity contribution in [3.05, 3.63) is 11.6 Å². The third-order valence-corrected chi connectivity index (χ3v) is 7.58. The SMILES string of the molecule is CC(C)[C@H]1CC[C@H]2[C@@H]3CC=C(C=O)CC[C@]3(C)CC[C@]12C(=O)O. The number of hydrogen-bond acceptors (Lipinski definition) is 2. The number of aliphatic carboxylic acids is 1. The third-order valence-electron chi connectivity index (χ3n) is 7.58. The molecule has 3 heteroatoms. The minimum Gasteiger partial charge on any atom is -0.481 e. The van der Waals surface area contributed by atoms with Crippen LogP contribution in [0.4, 0.5) is 0 Å². The van der Waals surface area contributed by atoms with E-state index < -0.39 is 11.4 Å². The van der Waals surface area contributed by atoms with E-state index in [1.165, 1.54) is 0 Å². The van der Waals surface area contributed by atoms with E-state index in [1.54, 1.807) is 0 Å². The highest BCUT2D eigenvalue weighted by Gasteiger charge is 2.63. The number of allylic oxidation sites excluding steroid dienone is 2. The van der Waals surface area contributed by atoms with E-state index in [1.807, 2.05) is 0 Å². The van der Waals surface area contributed by atoms with Crippen molar-refractivity contribution >= 4 is 12.3 Å². The molecule has 0 heterocycles. The Morgan fingerprint density at radius 2 is 2.00 bits per heavy atom. The van der Waals surface area contributed by atoms with Crippen LogP contribution in [0.3, 0.4) is 0 Å². The fraction of sp³-hybridized carbons (Fsp3) is 0.800. The fourth-order valence-electron chi connectivity index (χ4n) is 6.27. The highest BCUT2D eigenvalue weighted by molar-refractivity contribution is 5.76. The second-order valence-corrected chi connectivity index (χ2v) is 8.77. The summed E-state index contributed by atoms with van der Waals surface area (Å²) in [6, 6.07) is 0. The summed E-state index contributed by atoms with van der Waals surface area (Å²) in [6.45, 7) is 6.71. The smallest absolute Gasteiger partial charge is 0.310 e. The van der Waals surface area contributed by atoms with Crippen LogP contribution in [-0.2, 0) is 9.59 Å². The van der Waals surface area contributed by atoms with Gasteiger partial charge in [-0.15, -0.1) is 0 Å². The number of hydrogen-bond donors (Lipinski definition) is 1. The van der Waals surface area contributed by atoms with Crippen molar-refractivity contribution in [1.82, 2.24) is 0 Å². The van der Waals surface area contributed by atoms with Gasteiger partial charge >= 0.3 is 5.97 Å². The monoisotopic (exact) mass is 318 g/mol. The topological polar surface area (TPSA) is 54.4 Å². The van der Waals surface area contributed by atoms with E-state index in [2.05, 4.69) is 26.8 Å². The Morgan fingerprint density at radius 1 is 1.26 bits per heavy atom. The number of aldehydes is 1. The zero-order valence-corrected chi connectivity index (χ0v) is 14.7. The van der Waals surface area contributed by atoms with E-state index >= 15 is 0 Å². The van der Waals surface area contributed by atoms with Gasteiger partial charge in [-0.2, -0.15) is 0 Å². The molecule has 0 aromatic rings. The van der Waals surface area contributed by atoms with E-state index in [9.17, 15) is 14.7 Å². The average molecular weight is 318 g/mol. The summed E-state index contributed by atoms with van der Waals surface area (Å²) in [4.78, 5) is 23.6. The Labute approximate surface area is 139 Å². The number of carboxylic acids is 1. The van der Waals surface area contributed by atoms with Gasteiger partial charge in [-0.25, -0.2) is 0 Å². The summed E-state index contributed by atoms with van der Waals surface area (Å²) < 4.78 is 0. The van der Waals surface area contributed by atoms with Gasteiger partial charge in [-0.1, -0.05) is 26.8 Å². The molecular weight excluding hydrogens is 288 g/mol. The molecule has 128 valence electrons. The van der Waals surface area contributed by atoms with Crippen molar-refractivity contribution < 1.29 is 14.7 Å². The molecule has 0 aliphatic heterocycles. The van der Waals surface area contributed by atoms with E-state index in [4.69, 9.17) is 0 Å². The lowest BCUT2D eigenvalue weighted by molar-refractivity contribution is -0.166. The molecule has 0 aromatic carbocycles. The Bertz CT molecular complexity index is 535. The second-order valence-electron chi connectivity index (χ2n) is 8.77. The number of carbonyl (C=O) groups is 2. The molecule has 0 bridgehead atoms. The molecule has 2 saturated carbocycles. The maximum atomic E-state index is 12.4. The fourth-order valence-corrected chi connectivity index (χ4v) is 6.27. The van der Waals surface area contributed by atoms with Gasteiger partial charge in [-0.05, 0) is 79.6 Å². The molecule has 23 heavy (non-hydrogen) atoms. The quantitative estimate of drug-likeness (QED) is 0.781. The van der Waals surface area contributed by atoms with E-state index in [0.717, 1.165) is 56.8 Å². The predicted octanol–water partition coefficient (Wildman–Crippen LogP) is 4.47. The maximum Gasteiger partial charge on any atom is 0.310 e. The largest absolute Gasteiger partial charge is 0.481 e. The van der Waals surface area contributed by atoms with Crippen LogP contribution in [0, 0.1) is 34.5 Å². The molecule has 2 fully saturated rings. The van der Waals surface area contributed by atoms with Crippen LogP contribution in [-0.4, -0.2) is 17.4 Å². The Hall–Kier alpha value is -1.12. The molecule has 1 N–H and O–H groups in total. The van der Waals surface area contributed by atoms with Crippen LogP contribution < -0.4 is 0 Å². The lowest BCUT2D eigenvalue weighted by atomic mass is 9.50. The lowest BCUT2D eigenvalue weighted by Crippen LogP contribution is -2.52. The van der Waals surface area contributed by atoms with Crippen LogP contribution in [0.1, 0.15) is 65.7 Å². The van der Waals surface area contributed by atoms with Gasteiger partial charge in [0.15, 0.2) is 0 Å². The molecule has 0 amide bonds.